The predicted molar refractivity (Wildman–Crippen MR) is 114 cm³/mol. The molecular formula is C23H32N3O3+. The third kappa shape index (κ3) is 4.82. The van der Waals surface area contributed by atoms with Crippen molar-refractivity contribution in [2.45, 2.75) is 38.9 Å². The van der Waals surface area contributed by atoms with Gasteiger partial charge >= 0.3 is 6.03 Å². The van der Waals surface area contributed by atoms with E-state index in [1.807, 2.05) is 13.0 Å². The van der Waals surface area contributed by atoms with Gasteiger partial charge in [-0.25, -0.2) is 4.79 Å². The number of carbonyl (C=O) groups excluding carboxylic acids is 1. The zero-order valence-corrected chi connectivity index (χ0v) is 17.7. The van der Waals surface area contributed by atoms with E-state index in [4.69, 9.17) is 9.47 Å². The molecule has 2 aromatic rings. The molecule has 1 heterocycles. The van der Waals surface area contributed by atoms with Crippen LogP contribution in [0.3, 0.4) is 0 Å². The van der Waals surface area contributed by atoms with E-state index in [1.54, 1.807) is 14.2 Å². The van der Waals surface area contributed by atoms with Gasteiger partial charge < -0.3 is 25.0 Å². The van der Waals surface area contributed by atoms with Crippen LogP contribution in [0.25, 0.3) is 0 Å². The summed E-state index contributed by atoms with van der Waals surface area (Å²) >= 11 is 0. The first kappa shape index (κ1) is 21.0. The molecule has 3 rings (SSSR count). The van der Waals surface area contributed by atoms with Crippen LogP contribution in [-0.2, 0) is 13.0 Å². The van der Waals surface area contributed by atoms with Crippen LogP contribution in [0.4, 0.5) is 4.79 Å². The Bertz CT molecular complexity index is 826. The molecule has 6 nitrogen and oxygen atoms in total. The van der Waals surface area contributed by atoms with Gasteiger partial charge in [-0.05, 0) is 31.5 Å². The molecule has 156 valence electrons. The highest BCUT2D eigenvalue weighted by molar-refractivity contribution is 5.74. The van der Waals surface area contributed by atoms with Crippen LogP contribution < -0.4 is 25.0 Å². The summed E-state index contributed by atoms with van der Waals surface area (Å²) in [6.07, 6.45) is 0.961. The summed E-state index contributed by atoms with van der Waals surface area (Å²) in [6.45, 7) is 6.50. The summed E-state index contributed by atoms with van der Waals surface area (Å²) < 4.78 is 11.1. The van der Waals surface area contributed by atoms with E-state index in [0.717, 1.165) is 31.0 Å². The number of methoxy groups -OCH3 is 2. The van der Waals surface area contributed by atoms with Crippen LogP contribution in [0.1, 0.15) is 36.6 Å². The number of nitrogens with one attached hydrogen (secondary N) is 3. The molecule has 3 atom stereocenters. The number of quaternary nitrogens is 1. The molecule has 1 aliphatic rings. The van der Waals surface area contributed by atoms with Gasteiger partial charge in [0, 0.05) is 24.1 Å². The number of fused-ring (bicyclic) bond motifs is 1. The molecular weight excluding hydrogens is 366 g/mol. The largest absolute Gasteiger partial charge is 0.493 e. The molecule has 0 aromatic heterocycles. The molecule has 2 amide bonds. The fraction of sp³-hybridized carbons (Fsp3) is 0.435. The molecule has 0 radical (unpaired) electrons. The highest BCUT2D eigenvalue weighted by atomic mass is 16.5. The maximum atomic E-state index is 12.2. The molecule has 2 aromatic carbocycles. The third-order valence-electron chi connectivity index (χ3n) is 5.61. The summed E-state index contributed by atoms with van der Waals surface area (Å²) in [5, 5.41) is 5.97. The van der Waals surface area contributed by atoms with Crippen molar-refractivity contribution in [3.05, 3.63) is 59.2 Å². The van der Waals surface area contributed by atoms with E-state index < -0.39 is 0 Å². The molecule has 0 bridgehead atoms. The Hall–Kier alpha value is -2.73. The van der Waals surface area contributed by atoms with E-state index in [0.29, 0.717) is 6.54 Å². The fourth-order valence-electron chi connectivity index (χ4n) is 4.29. The smallest absolute Gasteiger partial charge is 0.315 e. The number of amides is 2. The number of carbonyl (C=O) groups is 1. The maximum Gasteiger partial charge on any atom is 0.315 e. The van der Waals surface area contributed by atoms with Gasteiger partial charge in [0.05, 0.1) is 26.8 Å². The van der Waals surface area contributed by atoms with Crippen molar-refractivity contribution in [1.29, 1.82) is 0 Å². The quantitative estimate of drug-likeness (QED) is 0.669. The van der Waals surface area contributed by atoms with E-state index in [-0.39, 0.29) is 18.1 Å². The van der Waals surface area contributed by atoms with Gasteiger partial charge in [0.25, 0.3) is 0 Å². The molecule has 0 fully saturated rings. The van der Waals surface area contributed by atoms with Gasteiger partial charge in [-0.3, -0.25) is 0 Å². The van der Waals surface area contributed by atoms with Crippen LogP contribution in [0, 0.1) is 0 Å². The molecule has 0 spiro atoms. The summed E-state index contributed by atoms with van der Waals surface area (Å²) in [5.74, 6) is 1.48. The summed E-state index contributed by atoms with van der Waals surface area (Å²) in [6, 6.07) is 14.6. The summed E-state index contributed by atoms with van der Waals surface area (Å²) in [7, 11) is 3.32. The Morgan fingerprint density at radius 3 is 2.52 bits per heavy atom. The van der Waals surface area contributed by atoms with Crippen molar-refractivity contribution < 1.29 is 19.2 Å². The minimum Gasteiger partial charge on any atom is -0.493 e. The Balaban J connectivity index is 1.96. The van der Waals surface area contributed by atoms with Crippen molar-refractivity contribution in [2.24, 2.45) is 0 Å². The fourth-order valence-corrected chi connectivity index (χ4v) is 4.29. The molecule has 0 saturated heterocycles. The second-order valence-corrected chi connectivity index (χ2v) is 7.50. The lowest BCUT2D eigenvalue weighted by molar-refractivity contribution is -0.948. The highest BCUT2D eigenvalue weighted by Gasteiger charge is 2.37. The molecule has 0 saturated carbocycles. The standard InChI is InChI=1S/C23H31N3O3/c1-5-24-23(27)25-16(2)22-19-14-21(29-4)20(28-3)13-18(19)11-12-26(22)15-17-9-7-6-8-10-17/h6-10,13-14,16,22H,5,11-12,15H2,1-4H3,(H2,24,25,27)/p+1/t16-,22-/m0/s1. The van der Waals surface area contributed by atoms with Gasteiger partial charge in [0.15, 0.2) is 11.5 Å². The second-order valence-electron chi connectivity index (χ2n) is 7.50. The first-order valence-electron chi connectivity index (χ1n) is 10.2. The van der Waals surface area contributed by atoms with Gasteiger partial charge in [-0.1, -0.05) is 30.3 Å². The van der Waals surface area contributed by atoms with E-state index >= 15 is 0 Å². The number of rotatable bonds is 7. The molecule has 1 aliphatic heterocycles. The lowest BCUT2D eigenvalue weighted by Crippen LogP contribution is -3.13. The summed E-state index contributed by atoms with van der Waals surface area (Å²) in [5.41, 5.74) is 3.76. The molecule has 3 N–H and O–H groups in total. The minimum absolute atomic E-state index is 0.0441. The number of urea groups is 1. The SMILES string of the molecule is CCNC(=O)N[C@@H](C)[C@H]1c2cc(OC)c(OC)cc2CC[NH+]1Cc1ccccc1. The number of hydrogen-bond acceptors (Lipinski definition) is 3. The van der Waals surface area contributed by atoms with Crippen molar-refractivity contribution in [2.75, 3.05) is 27.3 Å². The van der Waals surface area contributed by atoms with Gasteiger partial charge in [-0.2, -0.15) is 0 Å². The van der Waals surface area contributed by atoms with E-state index in [1.165, 1.54) is 21.6 Å². The van der Waals surface area contributed by atoms with Crippen molar-refractivity contribution in [1.82, 2.24) is 10.6 Å². The van der Waals surface area contributed by atoms with Crippen molar-refractivity contribution in [3.8, 4) is 11.5 Å². The van der Waals surface area contributed by atoms with Crippen LogP contribution in [-0.4, -0.2) is 39.4 Å². The van der Waals surface area contributed by atoms with Gasteiger partial charge in [0.1, 0.15) is 12.6 Å². The van der Waals surface area contributed by atoms with E-state index in [9.17, 15) is 4.79 Å². The lowest BCUT2D eigenvalue weighted by Gasteiger charge is -2.38. The monoisotopic (exact) mass is 398 g/mol. The molecule has 6 heteroatoms. The first-order valence-corrected chi connectivity index (χ1v) is 10.2. The Kier molecular flexibility index (Phi) is 6.99. The molecule has 0 aliphatic carbocycles. The zero-order chi connectivity index (χ0) is 20.8. The van der Waals surface area contributed by atoms with E-state index in [2.05, 4.69) is 54.0 Å². The van der Waals surface area contributed by atoms with Gasteiger partial charge in [0.2, 0.25) is 0 Å². The van der Waals surface area contributed by atoms with Crippen LogP contribution >= 0.6 is 0 Å². The molecule has 29 heavy (non-hydrogen) atoms. The number of ether oxygens (including phenoxy) is 2. The first-order chi connectivity index (χ1) is 14.1. The molecule has 1 unspecified atom stereocenters. The highest BCUT2D eigenvalue weighted by Crippen LogP contribution is 2.35. The Morgan fingerprint density at radius 1 is 1.17 bits per heavy atom. The maximum absolute atomic E-state index is 12.2. The minimum atomic E-state index is -0.133. The third-order valence-corrected chi connectivity index (χ3v) is 5.61. The van der Waals surface area contributed by atoms with Crippen LogP contribution in [0.5, 0.6) is 11.5 Å². The zero-order valence-electron chi connectivity index (χ0n) is 17.7. The van der Waals surface area contributed by atoms with Crippen molar-refractivity contribution in [3.63, 3.8) is 0 Å². The number of hydrogen-bond donors (Lipinski definition) is 3. The Morgan fingerprint density at radius 2 is 1.86 bits per heavy atom. The van der Waals surface area contributed by atoms with Crippen LogP contribution in [0.15, 0.2) is 42.5 Å². The second kappa shape index (κ2) is 9.65. The Labute approximate surface area is 173 Å². The normalized spacial score (nSPS) is 19.0. The lowest BCUT2D eigenvalue weighted by atomic mass is 9.87. The topological polar surface area (TPSA) is 64.0 Å². The average molecular weight is 399 g/mol. The van der Waals surface area contributed by atoms with Crippen molar-refractivity contribution >= 4 is 6.03 Å². The van der Waals surface area contributed by atoms with Gasteiger partial charge in [-0.15, -0.1) is 0 Å². The van der Waals surface area contributed by atoms with Crippen LogP contribution in [0.2, 0.25) is 0 Å². The summed E-state index contributed by atoms with van der Waals surface area (Å²) in [4.78, 5) is 13.7. The number of benzene rings is 2. The average Bonchev–Trinajstić information content (AvgIpc) is 2.73. The predicted octanol–water partition coefficient (Wildman–Crippen LogP) is 2.09.